The highest BCUT2D eigenvalue weighted by atomic mass is 14.6. The molecule has 0 aromatic heterocycles. The molecule has 0 saturated heterocycles. The summed E-state index contributed by atoms with van der Waals surface area (Å²) >= 11 is 0. The SMILES string of the molecule is C=C/C(=C\C)C(C)(C)CN. The Morgan fingerprint density at radius 1 is 1.60 bits per heavy atom. The zero-order chi connectivity index (χ0) is 8.20. The number of nitrogens with two attached hydrogens (primary N) is 1. The molecular formula is C9H17N. The lowest BCUT2D eigenvalue weighted by molar-refractivity contribution is 0.471. The summed E-state index contributed by atoms with van der Waals surface area (Å²) in [6.07, 6.45) is 3.92. The lowest BCUT2D eigenvalue weighted by Gasteiger charge is -2.23. The van der Waals surface area contributed by atoms with Crippen LogP contribution in [0.1, 0.15) is 20.8 Å². The van der Waals surface area contributed by atoms with Crippen LogP contribution < -0.4 is 5.73 Å². The minimum atomic E-state index is 0.0799. The molecule has 1 heteroatoms. The van der Waals surface area contributed by atoms with Crippen LogP contribution in [-0.2, 0) is 0 Å². The molecule has 2 N–H and O–H groups in total. The van der Waals surface area contributed by atoms with Crippen molar-refractivity contribution in [3.63, 3.8) is 0 Å². The summed E-state index contributed by atoms with van der Waals surface area (Å²) in [6, 6.07) is 0. The highest BCUT2D eigenvalue weighted by Gasteiger charge is 2.17. The van der Waals surface area contributed by atoms with E-state index in [1.165, 1.54) is 5.57 Å². The van der Waals surface area contributed by atoms with E-state index in [4.69, 9.17) is 5.73 Å². The van der Waals surface area contributed by atoms with Crippen LogP contribution in [0.25, 0.3) is 0 Å². The van der Waals surface area contributed by atoms with Crippen molar-refractivity contribution >= 4 is 0 Å². The van der Waals surface area contributed by atoms with Crippen LogP contribution in [0.3, 0.4) is 0 Å². The Kier molecular flexibility index (Phi) is 3.37. The molecule has 0 spiro atoms. The predicted molar refractivity (Wildman–Crippen MR) is 46.8 cm³/mol. The maximum atomic E-state index is 5.57. The Morgan fingerprint density at radius 3 is 2.20 bits per heavy atom. The molecule has 0 rings (SSSR count). The minimum absolute atomic E-state index is 0.0799. The molecule has 0 atom stereocenters. The van der Waals surface area contributed by atoms with Gasteiger partial charge in [0.1, 0.15) is 0 Å². The van der Waals surface area contributed by atoms with E-state index >= 15 is 0 Å². The second-order valence-corrected chi connectivity index (χ2v) is 3.04. The third kappa shape index (κ3) is 1.99. The number of hydrogen-bond acceptors (Lipinski definition) is 1. The molecule has 0 radical (unpaired) electrons. The Morgan fingerprint density at radius 2 is 2.10 bits per heavy atom. The van der Waals surface area contributed by atoms with Gasteiger partial charge in [0.15, 0.2) is 0 Å². The summed E-state index contributed by atoms with van der Waals surface area (Å²) in [6.45, 7) is 10.6. The summed E-state index contributed by atoms with van der Waals surface area (Å²) in [5, 5.41) is 0. The van der Waals surface area contributed by atoms with Crippen molar-refractivity contribution in [1.29, 1.82) is 0 Å². The summed E-state index contributed by atoms with van der Waals surface area (Å²) < 4.78 is 0. The maximum Gasteiger partial charge on any atom is 0.00156 e. The van der Waals surface area contributed by atoms with E-state index in [0.717, 1.165) is 0 Å². The second kappa shape index (κ2) is 3.57. The van der Waals surface area contributed by atoms with Crippen LogP contribution >= 0.6 is 0 Å². The van der Waals surface area contributed by atoms with E-state index in [1.807, 2.05) is 13.0 Å². The first-order valence-electron chi connectivity index (χ1n) is 3.57. The largest absolute Gasteiger partial charge is 0.330 e. The molecule has 0 heterocycles. The van der Waals surface area contributed by atoms with Gasteiger partial charge in [-0.1, -0.05) is 32.6 Å². The molecule has 0 unspecified atom stereocenters. The van der Waals surface area contributed by atoms with Crippen molar-refractivity contribution in [3.05, 3.63) is 24.3 Å². The molecule has 58 valence electrons. The van der Waals surface area contributed by atoms with E-state index in [9.17, 15) is 0 Å². The molecule has 1 nitrogen and oxygen atoms in total. The minimum Gasteiger partial charge on any atom is -0.330 e. The molecule has 0 amide bonds. The third-order valence-corrected chi connectivity index (χ3v) is 1.82. The van der Waals surface area contributed by atoms with E-state index in [2.05, 4.69) is 26.5 Å². The highest BCUT2D eigenvalue weighted by molar-refractivity contribution is 5.23. The molecule has 0 aromatic carbocycles. The van der Waals surface area contributed by atoms with Gasteiger partial charge in [-0.25, -0.2) is 0 Å². The Labute approximate surface area is 63.6 Å². The topological polar surface area (TPSA) is 26.0 Å². The molecular weight excluding hydrogens is 122 g/mol. The van der Waals surface area contributed by atoms with Gasteiger partial charge in [-0.2, -0.15) is 0 Å². The average molecular weight is 139 g/mol. The molecule has 0 aliphatic heterocycles. The number of rotatable bonds is 3. The summed E-state index contributed by atoms with van der Waals surface area (Å²) in [5.74, 6) is 0. The van der Waals surface area contributed by atoms with Gasteiger partial charge in [-0.05, 0) is 12.5 Å². The number of hydrogen-bond donors (Lipinski definition) is 1. The number of allylic oxidation sites excluding steroid dienone is 2. The van der Waals surface area contributed by atoms with Gasteiger partial charge in [0.25, 0.3) is 0 Å². The van der Waals surface area contributed by atoms with Gasteiger partial charge in [-0.3, -0.25) is 0 Å². The van der Waals surface area contributed by atoms with Crippen molar-refractivity contribution in [2.24, 2.45) is 11.1 Å². The van der Waals surface area contributed by atoms with E-state index in [1.54, 1.807) is 0 Å². The molecule has 0 aliphatic rings. The van der Waals surface area contributed by atoms with Gasteiger partial charge in [0.2, 0.25) is 0 Å². The average Bonchev–Trinajstić information content (AvgIpc) is 1.90. The Bertz CT molecular complexity index is 143. The van der Waals surface area contributed by atoms with Crippen LogP contribution in [0.4, 0.5) is 0 Å². The fraction of sp³-hybridized carbons (Fsp3) is 0.556. The van der Waals surface area contributed by atoms with Crippen molar-refractivity contribution in [2.75, 3.05) is 6.54 Å². The molecule has 10 heavy (non-hydrogen) atoms. The first-order chi connectivity index (χ1) is 4.58. The summed E-state index contributed by atoms with van der Waals surface area (Å²) in [5.41, 5.74) is 6.87. The lowest BCUT2D eigenvalue weighted by Crippen LogP contribution is -2.24. The van der Waals surface area contributed by atoms with E-state index < -0.39 is 0 Å². The zero-order valence-corrected chi connectivity index (χ0v) is 7.15. The quantitative estimate of drug-likeness (QED) is 0.595. The summed E-state index contributed by atoms with van der Waals surface area (Å²) in [4.78, 5) is 0. The van der Waals surface area contributed by atoms with E-state index in [0.29, 0.717) is 6.54 Å². The van der Waals surface area contributed by atoms with Crippen molar-refractivity contribution in [1.82, 2.24) is 0 Å². The first-order valence-corrected chi connectivity index (χ1v) is 3.57. The predicted octanol–water partition coefficient (Wildman–Crippen LogP) is 2.10. The Hall–Kier alpha value is -0.560. The van der Waals surface area contributed by atoms with Gasteiger partial charge in [-0.15, -0.1) is 0 Å². The van der Waals surface area contributed by atoms with Crippen molar-refractivity contribution in [3.8, 4) is 0 Å². The van der Waals surface area contributed by atoms with Crippen LogP contribution in [0, 0.1) is 5.41 Å². The monoisotopic (exact) mass is 139 g/mol. The van der Waals surface area contributed by atoms with Gasteiger partial charge in [0.05, 0.1) is 0 Å². The molecule has 0 bridgehead atoms. The molecule has 0 aliphatic carbocycles. The highest BCUT2D eigenvalue weighted by Crippen LogP contribution is 2.24. The van der Waals surface area contributed by atoms with Crippen molar-refractivity contribution in [2.45, 2.75) is 20.8 Å². The van der Waals surface area contributed by atoms with Crippen LogP contribution in [-0.4, -0.2) is 6.54 Å². The smallest absolute Gasteiger partial charge is 0.00156 e. The van der Waals surface area contributed by atoms with Gasteiger partial charge >= 0.3 is 0 Å². The standard InChI is InChI=1S/C9H17N/c1-5-8(6-2)9(3,4)7-10/h5-6H,1,7,10H2,2-4H3/b8-6+. The summed E-state index contributed by atoms with van der Waals surface area (Å²) in [7, 11) is 0. The molecule has 0 aromatic rings. The lowest BCUT2D eigenvalue weighted by atomic mass is 9.84. The van der Waals surface area contributed by atoms with Gasteiger partial charge in [0, 0.05) is 12.0 Å². The first kappa shape index (κ1) is 9.44. The van der Waals surface area contributed by atoms with Crippen molar-refractivity contribution < 1.29 is 0 Å². The van der Waals surface area contributed by atoms with Crippen LogP contribution in [0.15, 0.2) is 24.3 Å². The second-order valence-electron chi connectivity index (χ2n) is 3.04. The Balaban J connectivity index is 4.43. The van der Waals surface area contributed by atoms with Gasteiger partial charge < -0.3 is 5.73 Å². The van der Waals surface area contributed by atoms with Crippen LogP contribution in [0.2, 0.25) is 0 Å². The molecule has 0 fully saturated rings. The fourth-order valence-electron chi connectivity index (χ4n) is 0.903. The van der Waals surface area contributed by atoms with Crippen LogP contribution in [0.5, 0.6) is 0 Å². The molecule has 0 saturated carbocycles. The van der Waals surface area contributed by atoms with E-state index in [-0.39, 0.29) is 5.41 Å². The third-order valence-electron chi connectivity index (χ3n) is 1.82. The fourth-order valence-corrected chi connectivity index (χ4v) is 0.903. The normalized spacial score (nSPS) is 13.4. The zero-order valence-electron chi connectivity index (χ0n) is 7.15. The maximum absolute atomic E-state index is 5.57.